The fourth-order valence-electron chi connectivity index (χ4n) is 2.03. The number of rotatable bonds is 2. The van der Waals surface area contributed by atoms with Crippen molar-refractivity contribution in [2.75, 3.05) is 23.9 Å². The standard InChI is InChI=1S/C11H14Cl2N2/c12-6-9-2-1-5-15(8-9)11-3-4-14-7-10(11)13/h3-4,7,9H,1-2,5-6,8H2. The van der Waals surface area contributed by atoms with Gasteiger partial charge in [0.25, 0.3) is 0 Å². The Balaban J connectivity index is 2.13. The van der Waals surface area contributed by atoms with Crippen molar-refractivity contribution >= 4 is 28.9 Å². The van der Waals surface area contributed by atoms with Crippen molar-refractivity contribution in [1.29, 1.82) is 0 Å². The lowest BCUT2D eigenvalue weighted by molar-refractivity contribution is 0.451. The molecule has 0 aromatic carbocycles. The van der Waals surface area contributed by atoms with Gasteiger partial charge in [-0.05, 0) is 24.8 Å². The second kappa shape index (κ2) is 5.04. The van der Waals surface area contributed by atoms with Gasteiger partial charge in [-0.2, -0.15) is 0 Å². The Morgan fingerprint density at radius 1 is 1.53 bits per heavy atom. The first-order valence-electron chi connectivity index (χ1n) is 5.21. The molecule has 1 aromatic heterocycles. The van der Waals surface area contributed by atoms with Crippen LogP contribution in [0.25, 0.3) is 0 Å². The molecule has 0 radical (unpaired) electrons. The molecule has 1 aromatic rings. The van der Waals surface area contributed by atoms with Crippen LogP contribution in [0.1, 0.15) is 12.8 Å². The van der Waals surface area contributed by atoms with E-state index in [1.807, 2.05) is 6.07 Å². The first-order valence-corrected chi connectivity index (χ1v) is 6.13. The van der Waals surface area contributed by atoms with Crippen LogP contribution in [0, 0.1) is 5.92 Å². The Labute approximate surface area is 100 Å². The zero-order valence-electron chi connectivity index (χ0n) is 8.50. The highest BCUT2D eigenvalue weighted by Gasteiger charge is 2.20. The Morgan fingerprint density at radius 2 is 2.40 bits per heavy atom. The zero-order valence-corrected chi connectivity index (χ0v) is 10.0. The maximum absolute atomic E-state index is 6.11. The van der Waals surface area contributed by atoms with Crippen LogP contribution in [0.5, 0.6) is 0 Å². The van der Waals surface area contributed by atoms with Gasteiger partial charge < -0.3 is 4.90 Å². The second-order valence-corrected chi connectivity index (χ2v) is 4.65. The van der Waals surface area contributed by atoms with E-state index >= 15 is 0 Å². The lowest BCUT2D eigenvalue weighted by atomic mass is 10.00. The minimum atomic E-state index is 0.588. The fraction of sp³-hybridized carbons (Fsp3) is 0.545. The molecule has 0 bridgehead atoms. The molecule has 2 rings (SSSR count). The minimum Gasteiger partial charge on any atom is -0.370 e. The highest BCUT2D eigenvalue weighted by atomic mass is 35.5. The Kier molecular flexibility index (Phi) is 3.71. The van der Waals surface area contributed by atoms with Crippen molar-refractivity contribution in [3.63, 3.8) is 0 Å². The molecular weight excluding hydrogens is 231 g/mol. The van der Waals surface area contributed by atoms with Gasteiger partial charge in [-0.1, -0.05) is 11.6 Å². The van der Waals surface area contributed by atoms with Crippen LogP contribution < -0.4 is 4.90 Å². The molecule has 0 spiro atoms. The van der Waals surface area contributed by atoms with Gasteiger partial charge >= 0.3 is 0 Å². The number of pyridine rings is 1. The third-order valence-electron chi connectivity index (χ3n) is 2.83. The summed E-state index contributed by atoms with van der Waals surface area (Å²) in [5.74, 6) is 1.32. The van der Waals surface area contributed by atoms with Gasteiger partial charge in [0.05, 0.1) is 10.7 Å². The van der Waals surface area contributed by atoms with E-state index in [0.29, 0.717) is 5.92 Å². The normalized spacial score (nSPS) is 21.7. The number of nitrogens with zero attached hydrogens (tertiary/aromatic N) is 2. The van der Waals surface area contributed by atoms with E-state index < -0.39 is 0 Å². The molecule has 1 aliphatic heterocycles. The van der Waals surface area contributed by atoms with Gasteiger partial charge in [-0.25, -0.2) is 0 Å². The van der Waals surface area contributed by atoms with E-state index in [4.69, 9.17) is 23.2 Å². The number of anilines is 1. The van der Waals surface area contributed by atoms with Crippen molar-refractivity contribution in [1.82, 2.24) is 4.98 Å². The van der Waals surface area contributed by atoms with Gasteiger partial charge in [-0.3, -0.25) is 4.98 Å². The summed E-state index contributed by atoms with van der Waals surface area (Å²) in [6, 6.07) is 1.97. The van der Waals surface area contributed by atoms with Crippen molar-refractivity contribution in [3.8, 4) is 0 Å². The fourth-order valence-corrected chi connectivity index (χ4v) is 2.52. The molecule has 0 amide bonds. The quantitative estimate of drug-likeness (QED) is 0.744. The van der Waals surface area contributed by atoms with Crippen molar-refractivity contribution in [2.45, 2.75) is 12.8 Å². The molecule has 4 heteroatoms. The van der Waals surface area contributed by atoms with E-state index in [2.05, 4.69) is 9.88 Å². The molecule has 0 saturated carbocycles. The van der Waals surface area contributed by atoms with Crippen molar-refractivity contribution in [3.05, 3.63) is 23.5 Å². The Morgan fingerprint density at radius 3 is 3.13 bits per heavy atom. The van der Waals surface area contributed by atoms with Gasteiger partial charge in [0.1, 0.15) is 0 Å². The molecule has 15 heavy (non-hydrogen) atoms. The number of hydrogen-bond donors (Lipinski definition) is 0. The number of alkyl halides is 1. The predicted molar refractivity (Wildman–Crippen MR) is 64.9 cm³/mol. The van der Waals surface area contributed by atoms with E-state index in [1.165, 1.54) is 12.8 Å². The van der Waals surface area contributed by atoms with Crippen LogP contribution in [-0.4, -0.2) is 24.0 Å². The molecule has 1 fully saturated rings. The average molecular weight is 245 g/mol. The molecule has 1 atom stereocenters. The number of hydrogen-bond acceptors (Lipinski definition) is 2. The maximum atomic E-state index is 6.11. The lowest BCUT2D eigenvalue weighted by Gasteiger charge is -2.33. The molecule has 0 N–H and O–H groups in total. The molecular formula is C11H14Cl2N2. The highest BCUT2D eigenvalue weighted by Crippen LogP contribution is 2.28. The first kappa shape index (κ1) is 11.0. The van der Waals surface area contributed by atoms with E-state index in [0.717, 1.165) is 29.7 Å². The minimum absolute atomic E-state index is 0.588. The molecule has 1 aliphatic rings. The van der Waals surface area contributed by atoms with Gasteiger partial charge in [-0.15, -0.1) is 11.6 Å². The summed E-state index contributed by atoms with van der Waals surface area (Å²) in [5, 5.41) is 0.729. The van der Waals surface area contributed by atoms with Crippen LogP contribution in [-0.2, 0) is 0 Å². The summed E-state index contributed by atoms with van der Waals surface area (Å²) in [4.78, 5) is 6.30. The molecule has 2 heterocycles. The third-order valence-corrected chi connectivity index (χ3v) is 3.56. The summed E-state index contributed by atoms with van der Waals surface area (Å²) in [6.07, 6.45) is 5.89. The number of halogens is 2. The monoisotopic (exact) mass is 244 g/mol. The molecule has 1 saturated heterocycles. The van der Waals surface area contributed by atoms with E-state index in [9.17, 15) is 0 Å². The lowest BCUT2D eigenvalue weighted by Crippen LogP contribution is -2.36. The highest BCUT2D eigenvalue weighted by molar-refractivity contribution is 6.33. The van der Waals surface area contributed by atoms with Crippen LogP contribution in [0.4, 0.5) is 5.69 Å². The number of aromatic nitrogens is 1. The summed E-state index contributed by atoms with van der Waals surface area (Å²) in [6.45, 7) is 2.07. The number of piperidine rings is 1. The SMILES string of the molecule is ClCC1CCCN(c2ccncc2Cl)C1. The summed E-state index contributed by atoms with van der Waals surface area (Å²) >= 11 is 12.0. The van der Waals surface area contributed by atoms with E-state index in [1.54, 1.807) is 12.4 Å². The summed E-state index contributed by atoms with van der Waals surface area (Å²) < 4.78 is 0. The van der Waals surface area contributed by atoms with Gasteiger partial charge in [0.15, 0.2) is 0 Å². The summed E-state index contributed by atoms with van der Waals surface area (Å²) in [5.41, 5.74) is 1.08. The van der Waals surface area contributed by atoms with Crippen LogP contribution >= 0.6 is 23.2 Å². The van der Waals surface area contributed by atoms with E-state index in [-0.39, 0.29) is 0 Å². The van der Waals surface area contributed by atoms with Crippen LogP contribution in [0.2, 0.25) is 5.02 Å². The Hall–Kier alpha value is -0.470. The Bertz CT molecular complexity index is 330. The molecule has 2 nitrogen and oxygen atoms in total. The van der Waals surface area contributed by atoms with Gasteiger partial charge in [0, 0.05) is 31.4 Å². The second-order valence-electron chi connectivity index (χ2n) is 3.94. The summed E-state index contributed by atoms with van der Waals surface area (Å²) in [7, 11) is 0. The maximum Gasteiger partial charge on any atom is 0.0822 e. The topological polar surface area (TPSA) is 16.1 Å². The molecule has 0 aliphatic carbocycles. The predicted octanol–water partition coefficient (Wildman–Crippen LogP) is 3.19. The third kappa shape index (κ3) is 2.56. The van der Waals surface area contributed by atoms with Gasteiger partial charge in [0.2, 0.25) is 0 Å². The largest absolute Gasteiger partial charge is 0.370 e. The van der Waals surface area contributed by atoms with Crippen molar-refractivity contribution in [2.24, 2.45) is 5.92 Å². The average Bonchev–Trinajstić information content (AvgIpc) is 2.30. The zero-order chi connectivity index (χ0) is 10.7. The van der Waals surface area contributed by atoms with Crippen molar-refractivity contribution < 1.29 is 0 Å². The van der Waals surface area contributed by atoms with Crippen LogP contribution in [0.3, 0.4) is 0 Å². The molecule has 1 unspecified atom stereocenters. The first-order chi connectivity index (χ1) is 7.31. The molecule has 82 valence electrons. The smallest absolute Gasteiger partial charge is 0.0822 e. The van der Waals surface area contributed by atoms with Crippen LogP contribution in [0.15, 0.2) is 18.5 Å².